The van der Waals surface area contributed by atoms with Gasteiger partial charge in [0.15, 0.2) is 0 Å². The van der Waals surface area contributed by atoms with Crippen LogP contribution in [0.4, 0.5) is 5.69 Å². The minimum Gasteiger partial charge on any atom is -0.400 e. The Balaban J connectivity index is 2.31. The highest BCUT2D eigenvalue weighted by Crippen LogP contribution is 2.38. The van der Waals surface area contributed by atoms with E-state index in [1.807, 2.05) is 27.7 Å². The van der Waals surface area contributed by atoms with Gasteiger partial charge >= 0.3 is 7.12 Å². The normalized spacial score (nSPS) is 20.9. The van der Waals surface area contributed by atoms with Crippen LogP contribution in [0.2, 0.25) is 5.02 Å². The number of rotatable bonds is 3. The summed E-state index contributed by atoms with van der Waals surface area (Å²) in [6, 6.07) is 1.65. The van der Waals surface area contributed by atoms with Crippen molar-refractivity contribution in [2.24, 2.45) is 5.73 Å². The molecule has 2 rings (SSSR count). The van der Waals surface area contributed by atoms with Gasteiger partial charge in [-0.05, 0) is 45.3 Å². The Bertz CT molecular complexity index is 559. The first-order valence-corrected chi connectivity index (χ1v) is 7.21. The molecule has 1 saturated heterocycles. The maximum absolute atomic E-state index is 5.99. The Labute approximate surface area is 130 Å². The molecule has 5 nitrogen and oxygen atoms in total. The molecule has 0 aliphatic carbocycles. The van der Waals surface area contributed by atoms with Crippen LogP contribution in [0.25, 0.3) is 6.08 Å². The smallest absolute Gasteiger partial charge is 0.400 e. The van der Waals surface area contributed by atoms with E-state index in [1.54, 1.807) is 18.3 Å². The molecule has 1 aliphatic rings. The average Bonchev–Trinajstić information content (AvgIpc) is 2.57. The van der Waals surface area contributed by atoms with Crippen molar-refractivity contribution in [2.75, 3.05) is 12.3 Å². The number of aromatic nitrogens is 1. The number of pyridine rings is 1. The average molecular weight is 310 g/mol. The minimum absolute atomic E-state index is 0.292. The molecule has 1 fully saturated rings. The van der Waals surface area contributed by atoms with Crippen molar-refractivity contribution in [3.05, 3.63) is 28.5 Å². The van der Waals surface area contributed by atoms with Gasteiger partial charge in [-0.25, -0.2) is 0 Å². The third-order valence-electron chi connectivity index (χ3n) is 4.03. The topological polar surface area (TPSA) is 83.4 Å². The van der Waals surface area contributed by atoms with Crippen LogP contribution >= 0.6 is 11.6 Å². The van der Waals surface area contributed by atoms with Gasteiger partial charge < -0.3 is 20.8 Å². The summed E-state index contributed by atoms with van der Waals surface area (Å²) < 4.78 is 12.0. The molecule has 0 spiro atoms. The zero-order chi connectivity index (χ0) is 15.8. The molecular weight excluding hydrogens is 288 g/mol. The van der Waals surface area contributed by atoms with E-state index in [-0.39, 0.29) is 0 Å². The summed E-state index contributed by atoms with van der Waals surface area (Å²) in [6.45, 7) is 8.28. The van der Waals surface area contributed by atoms with E-state index in [2.05, 4.69) is 4.98 Å². The second-order valence-electron chi connectivity index (χ2n) is 6.14. The molecule has 0 bridgehead atoms. The van der Waals surface area contributed by atoms with E-state index in [9.17, 15) is 0 Å². The fraction of sp³-hybridized carbons (Fsp3) is 0.500. The fourth-order valence-corrected chi connectivity index (χ4v) is 2.15. The van der Waals surface area contributed by atoms with E-state index in [0.717, 1.165) is 5.47 Å². The first kappa shape index (κ1) is 16.3. The van der Waals surface area contributed by atoms with Crippen LogP contribution in [-0.2, 0) is 9.31 Å². The molecule has 0 atom stereocenters. The third kappa shape index (κ3) is 3.24. The minimum atomic E-state index is -0.503. The van der Waals surface area contributed by atoms with Gasteiger partial charge in [0.25, 0.3) is 0 Å². The zero-order valence-electron chi connectivity index (χ0n) is 12.8. The van der Waals surface area contributed by atoms with Crippen LogP contribution in [0.1, 0.15) is 33.4 Å². The summed E-state index contributed by atoms with van der Waals surface area (Å²) in [5.41, 5.74) is 12.8. The van der Waals surface area contributed by atoms with Crippen molar-refractivity contribution in [1.29, 1.82) is 0 Å². The molecule has 0 unspecified atom stereocenters. The summed E-state index contributed by atoms with van der Waals surface area (Å²) in [7, 11) is -0.503. The van der Waals surface area contributed by atoms with Gasteiger partial charge in [-0.15, -0.1) is 0 Å². The van der Waals surface area contributed by atoms with Crippen LogP contribution in [0.5, 0.6) is 0 Å². The van der Waals surface area contributed by atoms with E-state index >= 15 is 0 Å². The Morgan fingerprint density at radius 3 is 2.38 bits per heavy atom. The highest BCUT2D eigenvalue weighted by Gasteiger charge is 2.52. The number of nitrogens with zero attached hydrogens (tertiary/aromatic N) is 1. The second kappa shape index (κ2) is 5.61. The summed E-state index contributed by atoms with van der Waals surface area (Å²) in [5, 5.41) is 0.495. The van der Waals surface area contributed by atoms with Crippen LogP contribution in [0, 0.1) is 0 Å². The van der Waals surface area contributed by atoms with Crippen molar-refractivity contribution in [2.45, 2.75) is 38.9 Å². The summed E-state index contributed by atoms with van der Waals surface area (Å²) in [4.78, 5) is 4.21. The van der Waals surface area contributed by atoms with E-state index in [0.29, 0.717) is 22.9 Å². The Kier molecular flexibility index (Phi) is 4.35. The first-order valence-electron chi connectivity index (χ1n) is 6.83. The standard InChI is InChI=1S/C14H21BClN3O2/c1-13(2)14(3,4)21-15(20-13)9(7-17)5-12-11(18)6-10(16)8-19-12/h5-6,8H,7,17-18H2,1-4H3. The molecule has 4 N–H and O–H groups in total. The zero-order valence-corrected chi connectivity index (χ0v) is 13.6. The molecule has 2 heterocycles. The molecule has 1 aliphatic heterocycles. The van der Waals surface area contributed by atoms with E-state index in [4.69, 9.17) is 32.4 Å². The maximum atomic E-state index is 5.99. The quantitative estimate of drug-likeness (QED) is 0.837. The highest BCUT2D eigenvalue weighted by molar-refractivity contribution is 6.55. The van der Waals surface area contributed by atoms with Gasteiger partial charge in [0, 0.05) is 12.7 Å². The maximum Gasteiger partial charge on any atom is 0.491 e. The number of hydrogen-bond acceptors (Lipinski definition) is 5. The summed E-state index contributed by atoms with van der Waals surface area (Å²) >= 11 is 5.85. The molecule has 1 aromatic rings. The van der Waals surface area contributed by atoms with Crippen LogP contribution < -0.4 is 11.5 Å². The highest BCUT2D eigenvalue weighted by atomic mass is 35.5. The van der Waals surface area contributed by atoms with Gasteiger partial charge in [-0.3, -0.25) is 4.98 Å². The Hall–Kier alpha value is -1.08. The largest absolute Gasteiger partial charge is 0.491 e. The number of anilines is 1. The lowest BCUT2D eigenvalue weighted by Gasteiger charge is -2.32. The predicted molar refractivity (Wildman–Crippen MR) is 86.8 cm³/mol. The fourth-order valence-electron chi connectivity index (χ4n) is 1.98. The van der Waals surface area contributed by atoms with Crippen molar-refractivity contribution in [1.82, 2.24) is 4.98 Å². The lowest BCUT2D eigenvalue weighted by atomic mass is 9.77. The van der Waals surface area contributed by atoms with Gasteiger partial charge in [-0.1, -0.05) is 11.6 Å². The van der Waals surface area contributed by atoms with Gasteiger partial charge in [-0.2, -0.15) is 0 Å². The van der Waals surface area contributed by atoms with E-state index < -0.39 is 18.3 Å². The van der Waals surface area contributed by atoms with Crippen molar-refractivity contribution < 1.29 is 9.31 Å². The monoisotopic (exact) mass is 309 g/mol. The molecule has 1 aromatic heterocycles. The Morgan fingerprint density at radius 2 is 1.90 bits per heavy atom. The van der Waals surface area contributed by atoms with Crippen molar-refractivity contribution in [3.8, 4) is 0 Å². The lowest BCUT2D eigenvalue weighted by molar-refractivity contribution is 0.00578. The third-order valence-corrected chi connectivity index (χ3v) is 4.24. The molecular formula is C14H21BClN3O2. The van der Waals surface area contributed by atoms with Crippen molar-refractivity contribution >= 4 is 30.5 Å². The number of halogens is 1. The summed E-state index contributed by atoms with van der Waals surface area (Å²) in [6.07, 6.45) is 3.34. The second-order valence-corrected chi connectivity index (χ2v) is 6.58. The first-order chi connectivity index (χ1) is 9.66. The molecule has 0 saturated carbocycles. The molecule has 21 heavy (non-hydrogen) atoms. The molecule has 0 radical (unpaired) electrons. The SMILES string of the molecule is CC1(C)OB(C(=Cc2ncc(Cl)cc2N)CN)OC1(C)C. The molecule has 0 aromatic carbocycles. The van der Waals surface area contributed by atoms with E-state index in [1.165, 1.54) is 0 Å². The van der Waals surface area contributed by atoms with Gasteiger partial charge in [0.2, 0.25) is 0 Å². The van der Waals surface area contributed by atoms with Crippen LogP contribution in [0.3, 0.4) is 0 Å². The van der Waals surface area contributed by atoms with Crippen LogP contribution in [-0.4, -0.2) is 29.8 Å². The predicted octanol–water partition coefficient (Wildman–Crippen LogP) is 2.29. The molecule has 7 heteroatoms. The van der Waals surface area contributed by atoms with Gasteiger partial charge in [0.05, 0.1) is 27.6 Å². The summed E-state index contributed by atoms with van der Waals surface area (Å²) in [5.74, 6) is 0. The Morgan fingerprint density at radius 1 is 1.33 bits per heavy atom. The number of hydrogen-bond donors (Lipinski definition) is 2. The number of nitrogens with two attached hydrogens (primary N) is 2. The van der Waals surface area contributed by atoms with Crippen LogP contribution in [0.15, 0.2) is 17.7 Å². The number of nitrogen functional groups attached to an aromatic ring is 1. The van der Waals surface area contributed by atoms with Gasteiger partial charge in [0.1, 0.15) is 0 Å². The van der Waals surface area contributed by atoms with Crippen molar-refractivity contribution in [3.63, 3.8) is 0 Å². The lowest BCUT2D eigenvalue weighted by Crippen LogP contribution is -2.41. The molecule has 114 valence electrons. The molecule has 0 amide bonds.